The minimum Gasteiger partial charge on any atom is -0.478 e. The number of hydrogen-bond acceptors (Lipinski definition) is 2. The third-order valence-electron chi connectivity index (χ3n) is 4.62. The minimum atomic E-state index is -0.925. The lowest BCUT2D eigenvalue weighted by molar-refractivity contribution is -0.131. The van der Waals surface area contributed by atoms with Crippen LogP contribution in [0.4, 0.5) is 5.69 Å². The van der Waals surface area contributed by atoms with Gasteiger partial charge >= 0.3 is 5.97 Å². The summed E-state index contributed by atoms with van der Waals surface area (Å²) in [7, 11) is 0. The molecule has 0 heterocycles. The van der Waals surface area contributed by atoms with Gasteiger partial charge in [-0.15, -0.1) is 0 Å². The first-order valence-corrected chi connectivity index (χ1v) is 10.6. The van der Waals surface area contributed by atoms with Crippen molar-refractivity contribution >= 4 is 17.7 Å². The smallest absolute Gasteiger partial charge is 0.328 e. The van der Waals surface area contributed by atoms with Crippen LogP contribution in [-0.2, 0) is 4.79 Å². The summed E-state index contributed by atoms with van der Waals surface area (Å²) in [5.74, 6) is -0.925. The first-order valence-electron chi connectivity index (χ1n) is 10.6. The van der Waals surface area contributed by atoms with Gasteiger partial charge in [-0.2, -0.15) is 0 Å². The predicted molar refractivity (Wildman–Crippen MR) is 117 cm³/mol. The van der Waals surface area contributed by atoms with E-state index in [0.717, 1.165) is 30.6 Å². The molecule has 0 unspecified atom stereocenters. The van der Waals surface area contributed by atoms with Crippen LogP contribution in [0.3, 0.4) is 0 Å². The number of rotatable bonds is 16. The molecule has 150 valence electrons. The fourth-order valence-corrected chi connectivity index (χ4v) is 3.04. The van der Waals surface area contributed by atoms with Crippen molar-refractivity contribution in [3.8, 4) is 0 Å². The molecule has 3 heteroatoms. The summed E-state index contributed by atoms with van der Waals surface area (Å²) >= 11 is 0. The number of nitrogens with one attached hydrogen (secondary N) is 1. The summed E-state index contributed by atoms with van der Waals surface area (Å²) in [6.45, 7) is 3.15. The average Bonchev–Trinajstić information content (AvgIpc) is 2.67. The molecule has 0 aliphatic rings. The molecule has 0 spiro atoms. The second-order valence-corrected chi connectivity index (χ2v) is 7.06. The van der Waals surface area contributed by atoms with Gasteiger partial charge in [-0.05, 0) is 43.4 Å². The van der Waals surface area contributed by atoms with Crippen LogP contribution in [0, 0.1) is 0 Å². The van der Waals surface area contributed by atoms with E-state index >= 15 is 0 Å². The standard InChI is InChI=1S/C24H37NO2/c1-2-3-4-5-6-7-8-9-10-11-12-13-16-21-25-23-18-15-14-17-22(23)19-20-24(26)27/h11-12,14-15,17-20,25H,2-10,13,16,21H2,1H3,(H,26,27)/b12-11+,20-19+. The highest BCUT2D eigenvalue weighted by atomic mass is 16.4. The lowest BCUT2D eigenvalue weighted by atomic mass is 10.1. The highest BCUT2D eigenvalue weighted by Crippen LogP contribution is 2.16. The summed E-state index contributed by atoms with van der Waals surface area (Å²) < 4.78 is 0. The molecule has 0 saturated carbocycles. The van der Waals surface area contributed by atoms with Crippen molar-refractivity contribution in [1.29, 1.82) is 0 Å². The van der Waals surface area contributed by atoms with E-state index in [4.69, 9.17) is 5.11 Å². The van der Waals surface area contributed by atoms with Crippen molar-refractivity contribution in [3.63, 3.8) is 0 Å². The Hall–Kier alpha value is -2.03. The molecule has 1 aromatic carbocycles. The Balaban J connectivity index is 2.06. The second-order valence-electron chi connectivity index (χ2n) is 7.06. The Morgan fingerprint density at radius 3 is 2.26 bits per heavy atom. The van der Waals surface area contributed by atoms with Crippen LogP contribution in [0.2, 0.25) is 0 Å². The maximum Gasteiger partial charge on any atom is 0.328 e. The Labute approximate surface area is 165 Å². The number of carbonyl (C=O) groups is 1. The molecule has 0 fully saturated rings. The van der Waals surface area contributed by atoms with Gasteiger partial charge in [0.05, 0.1) is 0 Å². The molecule has 2 N–H and O–H groups in total. The van der Waals surface area contributed by atoms with E-state index in [1.807, 2.05) is 24.3 Å². The summed E-state index contributed by atoms with van der Waals surface area (Å²) in [6, 6.07) is 7.79. The molecule has 1 aromatic rings. The van der Waals surface area contributed by atoms with Gasteiger partial charge in [0.15, 0.2) is 0 Å². The number of carboxylic acid groups (broad SMARTS) is 1. The quantitative estimate of drug-likeness (QED) is 0.186. The molecule has 0 saturated heterocycles. The number of allylic oxidation sites excluding steroid dienone is 2. The maximum absolute atomic E-state index is 10.7. The van der Waals surface area contributed by atoms with Crippen LogP contribution in [0.25, 0.3) is 6.08 Å². The van der Waals surface area contributed by atoms with Gasteiger partial charge in [-0.25, -0.2) is 4.79 Å². The normalized spacial score (nSPS) is 11.4. The van der Waals surface area contributed by atoms with Gasteiger partial charge in [-0.3, -0.25) is 0 Å². The molecule has 27 heavy (non-hydrogen) atoms. The van der Waals surface area contributed by atoms with E-state index in [9.17, 15) is 4.79 Å². The third-order valence-corrected chi connectivity index (χ3v) is 4.62. The number of carboxylic acids is 1. The summed E-state index contributed by atoms with van der Waals surface area (Å²) in [4.78, 5) is 10.7. The van der Waals surface area contributed by atoms with Crippen LogP contribution in [0.1, 0.15) is 83.1 Å². The lowest BCUT2D eigenvalue weighted by Crippen LogP contribution is -2.02. The van der Waals surface area contributed by atoms with Crippen molar-refractivity contribution in [2.75, 3.05) is 11.9 Å². The number of benzene rings is 1. The Morgan fingerprint density at radius 2 is 1.56 bits per heavy atom. The molecule has 0 atom stereocenters. The third kappa shape index (κ3) is 12.9. The number of para-hydroxylation sites is 1. The number of anilines is 1. The zero-order valence-corrected chi connectivity index (χ0v) is 17.0. The van der Waals surface area contributed by atoms with Crippen LogP contribution in [0.15, 0.2) is 42.5 Å². The Kier molecular flexibility index (Phi) is 13.8. The summed E-state index contributed by atoms with van der Waals surface area (Å²) in [6.07, 6.45) is 21.8. The van der Waals surface area contributed by atoms with Crippen LogP contribution in [-0.4, -0.2) is 17.6 Å². The lowest BCUT2D eigenvalue weighted by Gasteiger charge is -2.08. The monoisotopic (exact) mass is 371 g/mol. The van der Waals surface area contributed by atoms with E-state index in [-0.39, 0.29) is 0 Å². The molecule has 3 nitrogen and oxygen atoms in total. The predicted octanol–water partition coefficient (Wildman–Crippen LogP) is 7.06. The Bertz CT molecular complexity index is 563. The first kappa shape index (κ1) is 23.0. The van der Waals surface area contributed by atoms with E-state index in [1.54, 1.807) is 6.08 Å². The van der Waals surface area contributed by atoms with Gasteiger partial charge in [0, 0.05) is 18.3 Å². The second kappa shape index (κ2) is 16.2. The largest absolute Gasteiger partial charge is 0.478 e. The SMILES string of the molecule is CCCCCCCCCC/C=C/CCCNc1ccccc1/C=C/C(=O)O. The van der Waals surface area contributed by atoms with Crippen LogP contribution >= 0.6 is 0 Å². The molecule has 0 amide bonds. The van der Waals surface area contributed by atoms with Gasteiger partial charge in [0.25, 0.3) is 0 Å². The summed E-state index contributed by atoms with van der Waals surface area (Å²) in [5, 5.41) is 12.2. The first-order chi connectivity index (χ1) is 13.2. The van der Waals surface area contributed by atoms with Gasteiger partial charge in [0.1, 0.15) is 0 Å². The number of aliphatic carboxylic acids is 1. The van der Waals surface area contributed by atoms with Gasteiger partial charge in [0.2, 0.25) is 0 Å². The van der Waals surface area contributed by atoms with E-state index in [0.29, 0.717) is 0 Å². The van der Waals surface area contributed by atoms with E-state index in [1.165, 1.54) is 63.9 Å². The van der Waals surface area contributed by atoms with E-state index < -0.39 is 5.97 Å². The molecule has 0 radical (unpaired) electrons. The van der Waals surface area contributed by atoms with Crippen LogP contribution < -0.4 is 5.32 Å². The molecule has 0 aliphatic heterocycles. The molecular weight excluding hydrogens is 334 g/mol. The van der Waals surface area contributed by atoms with Crippen molar-refractivity contribution in [2.45, 2.75) is 77.6 Å². The summed E-state index contributed by atoms with van der Waals surface area (Å²) in [5.41, 5.74) is 1.89. The van der Waals surface area contributed by atoms with Crippen molar-refractivity contribution in [2.24, 2.45) is 0 Å². The molecule has 1 rings (SSSR count). The highest BCUT2D eigenvalue weighted by Gasteiger charge is 1.98. The maximum atomic E-state index is 10.7. The van der Waals surface area contributed by atoms with Gasteiger partial charge in [-0.1, -0.05) is 82.2 Å². The number of hydrogen-bond donors (Lipinski definition) is 2. The molecule has 0 aromatic heterocycles. The molecule has 0 bridgehead atoms. The zero-order chi connectivity index (χ0) is 19.6. The van der Waals surface area contributed by atoms with E-state index in [2.05, 4.69) is 24.4 Å². The average molecular weight is 372 g/mol. The fourth-order valence-electron chi connectivity index (χ4n) is 3.04. The Morgan fingerprint density at radius 1 is 0.926 bits per heavy atom. The van der Waals surface area contributed by atoms with Crippen molar-refractivity contribution in [3.05, 3.63) is 48.1 Å². The minimum absolute atomic E-state index is 0.889. The van der Waals surface area contributed by atoms with Gasteiger partial charge < -0.3 is 10.4 Å². The van der Waals surface area contributed by atoms with Crippen molar-refractivity contribution in [1.82, 2.24) is 0 Å². The zero-order valence-electron chi connectivity index (χ0n) is 17.0. The van der Waals surface area contributed by atoms with Crippen LogP contribution in [0.5, 0.6) is 0 Å². The number of unbranched alkanes of at least 4 members (excludes halogenated alkanes) is 9. The highest BCUT2D eigenvalue weighted by molar-refractivity contribution is 5.86. The van der Waals surface area contributed by atoms with Crippen molar-refractivity contribution < 1.29 is 9.90 Å². The fraction of sp³-hybridized carbons (Fsp3) is 0.542. The molecule has 0 aliphatic carbocycles. The molecular formula is C24H37NO2. The topological polar surface area (TPSA) is 49.3 Å².